The molecule has 0 fully saturated rings. The second-order valence-electron chi connectivity index (χ2n) is 3.01. The molecule has 13 heavy (non-hydrogen) atoms. The number of aromatic carboxylic acids is 1. The van der Waals surface area contributed by atoms with Crippen LogP contribution in [0.5, 0.6) is 0 Å². The van der Waals surface area contributed by atoms with Gasteiger partial charge in [0.1, 0.15) is 5.56 Å². The lowest BCUT2D eigenvalue weighted by molar-refractivity contribution is 0.0693. The predicted octanol–water partition coefficient (Wildman–Crippen LogP) is 0.654. The average Bonchev–Trinajstić information content (AvgIpc) is 2.46. The summed E-state index contributed by atoms with van der Waals surface area (Å²) in [7, 11) is 0. The SMILES string of the molecule is CC(C)n1ncc(C(=O)O)c1CO. The van der Waals surface area contributed by atoms with Gasteiger partial charge in [-0.15, -0.1) is 0 Å². The molecule has 0 aliphatic heterocycles. The Labute approximate surface area is 75.6 Å². The fourth-order valence-corrected chi connectivity index (χ4v) is 1.17. The fraction of sp³-hybridized carbons (Fsp3) is 0.500. The third kappa shape index (κ3) is 1.70. The highest BCUT2D eigenvalue weighted by Gasteiger charge is 2.16. The number of aromatic nitrogens is 2. The van der Waals surface area contributed by atoms with E-state index in [1.54, 1.807) is 0 Å². The van der Waals surface area contributed by atoms with E-state index in [4.69, 9.17) is 10.2 Å². The molecule has 1 heterocycles. The number of aliphatic hydroxyl groups excluding tert-OH is 1. The molecule has 5 nitrogen and oxygen atoms in total. The summed E-state index contributed by atoms with van der Waals surface area (Å²) < 4.78 is 1.50. The van der Waals surface area contributed by atoms with Gasteiger partial charge in [0.2, 0.25) is 0 Å². The van der Waals surface area contributed by atoms with Gasteiger partial charge in [-0.2, -0.15) is 5.10 Å². The lowest BCUT2D eigenvalue weighted by Gasteiger charge is -2.09. The highest BCUT2D eigenvalue weighted by atomic mass is 16.4. The van der Waals surface area contributed by atoms with Crippen molar-refractivity contribution in [2.75, 3.05) is 0 Å². The molecule has 1 aromatic rings. The number of hydrogen-bond acceptors (Lipinski definition) is 3. The van der Waals surface area contributed by atoms with E-state index in [1.165, 1.54) is 10.9 Å². The van der Waals surface area contributed by atoms with Gasteiger partial charge in [0, 0.05) is 6.04 Å². The van der Waals surface area contributed by atoms with Crippen LogP contribution in [0.4, 0.5) is 0 Å². The topological polar surface area (TPSA) is 75.4 Å². The van der Waals surface area contributed by atoms with Gasteiger partial charge in [-0.25, -0.2) is 4.79 Å². The molecule has 1 rings (SSSR count). The summed E-state index contributed by atoms with van der Waals surface area (Å²) in [5, 5.41) is 21.6. The Bertz CT molecular complexity index is 317. The van der Waals surface area contributed by atoms with E-state index < -0.39 is 5.97 Å². The van der Waals surface area contributed by atoms with Gasteiger partial charge in [0.05, 0.1) is 18.5 Å². The Morgan fingerprint density at radius 3 is 2.69 bits per heavy atom. The van der Waals surface area contributed by atoms with E-state index in [0.717, 1.165) is 0 Å². The molecule has 0 unspecified atom stereocenters. The van der Waals surface area contributed by atoms with Gasteiger partial charge >= 0.3 is 5.97 Å². The Hall–Kier alpha value is -1.36. The van der Waals surface area contributed by atoms with Crippen LogP contribution in [0, 0.1) is 0 Å². The zero-order valence-electron chi connectivity index (χ0n) is 7.56. The molecule has 0 atom stereocenters. The van der Waals surface area contributed by atoms with E-state index in [9.17, 15) is 4.79 Å². The monoisotopic (exact) mass is 184 g/mol. The highest BCUT2D eigenvalue weighted by molar-refractivity contribution is 5.88. The van der Waals surface area contributed by atoms with Crippen molar-refractivity contribution in [1.82, 2.24) is 9.78 Å². The van der Waals surface area contributed by atoms with Crippen LogP contribution in [0.15, 0.2) is 6.20 Å². The smallest absolute Gasteiger partial charge is 0.339 e. The zero-order chi connectivity index (χ0) is 10.0. The molecule has 5 heteroatoms. The summed E-state index contributed by atoms with van der Waals surface area (Å²) in [6, 6.07) is 0.0512. The van der Waals surface area contributed by atoms with Crippen LogP contribution in [-0.2, 0) is 6.61 Å². The predicted molar refractivity (Wildman–Crippen MR) is 45.5 cm³/mol. The quantitative estimate of drug-likeness (QED) is 0.723. The third-order valence-electron chi connectivity index (χ3n) is 1.77. The van der Waals surface area contributed by atoms with Gasteiger partial charge in [-0.1, -0.05) is 0 Å². The number of hydrogen-bond donors (Lipinski definition) is 2. The van der Waals surface area contributed by atoms with Gasteiger partial charge in [0.15, 0.2) is 0 Å². The number of carboxylic acid groups (broad SMARTS) is 1. The minimum Gasteiger partial charge on any atom is -0.478 e. The number of carboxylic acids is 1. The molecule has 0 saturated carbocycles. The van der Waals surface area contributed by atoms with Crippen molar-refractivity contribution in [3.05, 3.63) is 17.5 Å². The van der Waals surface area contributed by atoms with Crippen molar-refractivity contribution in [2.45, 2.75) is 26.5 Å². The number of nitrogens with zero attached hydrogens (tertiary/aromatic N) is 2. The molecule has 1 aromatic heterocycles. The molecule has 0 saturated heterocycles. The second-order valence-corrected chi connectivity index (χ2v) is 3.01. The van der Waals surface area contributed by atoms with E-state index in [2.05, 4.69) is 5.10 Å². The van der Waals surface area contributed by atoms with Gasteiger partial charge in [0.25, 0.3) is 0 Å². The van der Waals surface area contributed by atoms with Crippen molar-refractivity contribution in [3.63, 3.8) is 0 Å². The van der Waals surface area contributed by atoms with Crippen molar-refractivity contribution in [2.24, 2.45) is 0 Å². The van der Waals surface area contributed by atoms with E-state index >= 15 is 0 Å². The maximum Gasteiger partial charge on any atom is 0.339 e. The number of carbonyl (C=O) groups is 1. The first-order valence-corrected chi connectivity index (χ1v) is 3.98. The first kappa shape index (κ1) is 9.73. The first-order chi connectivity index (χ1) is 6.07. The minimum atomic E-state index is -1.06. The Balaban J connectivity index is 3.18. The van der Waals surface area contributed by atoms with Crippen LogP contribution in [-0.4, -0.2) is 26.0 Å². The Morgan fingerprint density at radius 2 is 2.31 bits per heavy atom. The van der Waals surface area contributed by atoms with Gasteiger partial charge in [-0.3, -0.25) is 4.68 Å². The highest BCUT2D eigenvalue weighted by Crippen LogP contribution is 2.13. The maximum atomic E-state index is 10.7. The molecular formula is C8H12N2O3. The summed E-state index contributed by atoms with van der Waals surface area (Å²) in [4.78, 5) is 10.7. The summed E-state index contributed by atoms with van der Waals surface area (Å²) in [6.45, 7) is 3.44. The van der Waals surface area contributed by atoms with Crippen molar-refractivity contribution in [3.8, 4) is 0 Å². The molecule has 0 aliphatic carbocycles. The standard InChI is InChI=1S/C8H12N2O3/c1-5(2)10-7(4-11)6(3-9-10)8(12)13/h3,5,11H,4H2,1-2H3,(H,12,13). The number of aliphatic hydroxyl groups is 1. The van der Waals surface area contributed by atoms with Gasteiger partial charge in [-0.05, 0) is 13.8 Å². The normalized spacial score (nSPS) is 10.8. The molecule has 0 radical (unpaired) electrons. The van der Waals surface area contributed by atoms with Crippen molar-refractivity contribution >= 4 is 5.97 Å². The van der Waals surface area contributed by atoms with Crippen molar-refractivity contribution in [1.29, 1.82) is 0 Å². The summed E-state index contributed by atoms with van der Waals surface area (Å²) in [6.07, 6.45) is 1.26. The molecule has 0 aliphatic rings. The Kier molecular flexibility index (Phi) is 2.67. The van der Waals surface area contributed by atoms with Crippen LogP contribution in [0.3, 0.4) is 0 Å². The van der Waals surface area contributed by atoms with Crippen LogP contribution in [0.25, 0.3) is 0 Å². The zero-order valence-corrected chi connectivity index (χ0v) is 7.56. The first-order valence-electron chi connectivity index (χ1n) is 3.98. The van der Waals surface area contributed by atoms with Gasteiger partial charge < -0.3 is 10.2 Å². The lowest BCUT2D eigenvalue weighted by atomic mass is 10.2. The molecule has 72 valence electrons. The fourth-order valence-electron chi connectivity index (χ4n) is 1.17. The number of rotatable bonds is 3. The Morgan fingerprint density at radius 1 is 1.69 bits per heavy atom. The summed E-state index contributed by atoms with van der Waals surface area (Å²) >= 11 is 0. The van der Waals surface area contributed by atoms with Crippen LogP contribution in [0.1, 0.15) is 35.9 Å². The molecule has 0 amide bonds. The van der Waals surface area contributed by atoms with Crippen LogP contribution in [0.2, 0.25) is 0 Å². The maximum absolute atomic E-state index is 10.7. The van der Waals surface area contributed by atoms with E-state index in [1.807, 2.05) is 13.8 Å². The molecular weight excluding hydrogens is 172 g/mol. The average molecular weight is 184 g/mol. The third-order valence-corrected chi connectivity index (χ3v) is 1.77. The van der Waals surface area contributed by atoms with Crippen LogP contribution < -0.4 is 0 Å². The molecule has 0 aromatic carbocycles. The summed E-state index contributed by atoms with van der Waals surface area (Å²) in [5.41, 5.74) is 0.415. The van der Waals surface area contributed by atoms with E-state index in [-0.39, 0.29) is 18.2 Å². The lowest BCUT2D eigenvalue weighted by Crippen LogP contribution is -2.10. The molecule has 0 bridgehead atoms. The minimum absolute atomic E-state index is 0.0512. The van der Waals surface area contributed by atoms with E-state index in [0.29, 0.717) is 5.69 Å². The second kappa shape index (κ2) is 3.57. The molecule has 2 N–H and O–H groups in total. The largest absolute Gasteiger partial charge is 0.478 e. The van der Waals surface area contributed by atoms with Crippen molar-refractivity contribution < 1.29 is 15.0 Å². The van der Waals surface area contributed by atoms with Crippen LogP contribution >= 0.6 is 0 Å². The summed E-state index contributed by atoms with van der Waals surface area (Å²) in [5.74, 6) is -1.06. The molecule has 0 spiro atoms.